The summed E-state index contributed by atoms with van der Waals surface area (Å²) in [5.74, 6) is -0.475. The molecule has 1 aromatic heterocycles. The van der Waals surface area contributed by atoms with E-state index in [1.165, 1.54) is 12.1 Å². The molecule has 0 aliphatic carbocycles. The second kappa shape index (κ2) is 6.83. The molecule has 110 valence electrons. The maximum absolute atomic E-state index is 12.8. The van der Waals surface area contributed by atoms with Crippen LogP contribution in [0.5, 0.6) is 0 Å². The number of carbonyl (C=O) groups is 1. The van der Waals surface area contributed by atoms with E-state index in [1.54, 1.807) is 37.5 Å². The van der Waals surface area contributed by atoms with Crippen molar-refractivity contribution in [2.75, 3.05) is 12.4 Å². The molecule has 1 aromatic carbocycles. The third-order valence-corrected chi connectivity index (χ3v) is 3.12. The summed E-state index contributed by atoms with van der Waals surface area (Å²) in [5, 5.41) is 5.83. The minimum absolute atomic E-state index is 0.0614. The molecule has 2 N–H and O–H groups in total. The standard InChI is InChI=1S/C16H18FN3O/c1-11(9-12-3-5-13(17)6-4-12)20-16(21)15-8-7-14(18-2)10-19-15/h3-8,10-11,18H,9H2,1-2H3,(H,20,21). The fraction of sp³-hybridized carbons (Fsp3) is 0.250. The summed E-state index contributed by atoms with van der Waals surface area (Å²) in [7, 11) is 1.79. The van der Waals surface area contributed by atoms with Gasteiger partial charge in [0.1, 0.15) is 11.5 Å². The highest BCUT2D eigenvalue weighted by molar-refractivity contribution is 5.92. The lowest BCUT2D eigenvalue weighted by Gasteiger charge is -2.14. The Hall–Kier alpha value is -2.43. The van der Waals surface area contributed by atoms with Crippen molar-refractivity contribution in [1.82, 2.24) is 10.3 Å². The molecule has 4 nitrogen and oxygen atoms in total. The van der Waals surface area contributed by atoms with Gasteiger partial charge >= 0.3 is 0 Å². The number of benzene rings is 1. The first-order valence-corrected chi connectivity index (χ1v) is 6.77. The van der Waals surface area contributed by atoms with Crippen molar-refractivity contribution in [3.63, 3.8) is 0 Å². The number of hydrogen-bond acceptors (Lipinski definition) is 3. The van der Waals surface area contributed by atoms with E-state index >= 15 is 0 Å². The SMILES string of the molecule is CNc1ccc(C(=O)NC(C)Cc2ccc(F)cc2)nc1. The van der Waals surface area contributed by atoms with Crippen molar-refractivity contribution < 1.29 is 9.18 Å². The topological polar surface area (TPSA) is 54.0 Å². The third kappa shape index (κ3) is 4.27. The molecular weight excluding hydrogens is 269 g/mol. The molecule has 1 atom stereocenters. The lowest BCUT2D eigenvalue weighted by molar-refractivity contribution is 0.0935. The highest BCUT2D eigenvalue weighted by Crippen LogP contribution is 2.07. The third-order valence-electron chi connectivity index (χ3n) is 3.12. The Morgan fingerprint density at radius 1 is 1.24 bits per heavy atom. The van der Waals surface area contributed by atoms with Crippen molar-refractivity contribution in [3.05, 3.63) is 59.7 Å². The monoisotopic (exact) mass is 287 g/mol. The Bertz CT molecular complexity index is 596. The van der Waals surface area contributed by atoms with Crippen molar-refractivity contribution >= 4 is 11.6 Å². The fourth-order valence-electron chi connectivity index (χ4n) is 2.00. The van der Waals surface area contributed by atoms with Crippen molar-refractivity contribution in [3.8, 4) is 0 Å². The van der Waals surface area contributed by atoms with Crippen molar-refractivity contribution in [1.29, 1.82) is 0 Å². The summed E-state index contributed by atoms with van der Waals surface area (Å²) < 4.78 is 12.8. The molecule has 0 aliphatic heterocycles. The highest BCUT2D eigenvalue weighted by Gasteiger charge is 2.11. The van der Waals surface area contributed by atoms with Gasteiger partial charge < -0.3 is 10.6 Å². The second-order valence-corrected chi connectivity index (χ2v) is 4.89. The first-order valence-electron chi connectivity index (χ1n) is 6.77. The van der Waals surface area contributed by atoms with E-state index in [4.69, 9.17) is 0 Å². The summed E-state index contributed by atoms with van der Waals surface area (Å²) in [5.41, 5.74) is 2.20. The number of carbonyl (C=O) groups excluding carboxylic acids is 1. The number of amides is 1. The molecule has 1 heterocycles. The van der Waals surface area contributed by atoms with Crippen LogP contribution in [0.4, 0.5) is 10.1 Å². The molecule has 1 unspecified atom stereocenters. The average Bonchev–Trinajstić information content (AvgIpc) is 2.49. The molecule has 2 aromatic rings. The molecular formula is C16H18FN3O. The molecule has 2 rings (SSSR count). The van der Waals surface area contributed by atoms with E-state index in [-0.39, 0.29) is 17.8 Å². The Morgan fingerprint density at radius 2 is 1.95 bits per heavy atom. The number of nitrogens with zero attached hydrogens (tertiary/aromatic N) is 1. The number of nitrogens with one attached hydrogen (secondary N) is 2. The summed E-state index contributed by atoms with van der Waals surface area (Å²) in [6, 6.07) is 9.69. The first-order chi connectivity index (χ1) is 10.1. The Labute approximate surface area is 123 Å². The van der Waals surface area contributed by atoms with E-state index in [0.29, 0.717) is 12.1 Å². The number of aromatic nitrogens is 1. The van der Waals surface area contributed by atoms with Gasteiger partial charge in [-0.25, -0.2) is 9.37 Å². The summed E-state index contributed by atoms with van der Waals surface area (Å²) in [6.07, 6.45) is 2.25. The summed E-state index contributed by atoms with van der Waals surface area (Å²) in [4.78, 5) is 16.1. The Balaban J connectivity index is 1.93. The van der Waals surface area contributed by atoms with Gasteiger partial charge in [0.05, 0.1) is 11.9 Å². The van der Waals surface area contributed by atoms with Gasteiger partial charge in [0.2, 0.25) is 0 Å². The molecule has 0 aliphatic rings. The Kier molecular flexibility index (Phi) is 4.87. The van der Waals surface area contributed by atoms with E-state index in [9.17, 15) is 9.18 Å². The molecule has 0 radical (unpaired) electrons. The maximum atomic E-state index is 12.8. The van der Waals surface area contributed by atoms with Crippen LogP contribution in [-0.4, -0.2) is 24.0 Å². The first kappa shape index (κ1) is 15.0. The van der Waals surface area contributed by atoms with E-state index in [0.717, 1.165) is 11.3 Å². The number of halogens is 1. The summed E-state index contributed by atoms with van der Waals surface area (Å²) in [6.45, 7) is 1.91. The van der Waals surface area contributed by atoms with Gasteiger partial charge in [0, 0.05) is 13.1 Å². The molecule has 0 bridgehead atoms. The van der Waals surface area contributed by atoms with Gasteiger partial charge in [-0.05, 0) is 43.2 Å². The zero-order valence-electron chi connectivity index (χ0n) is 12.1. The fourth-order valence-corrected chi connectivity index (χ4v) is 2.00. The van der Waals surface area contributed by atoms with Gasteiger partial charge in [-0.3, -0.25) is 4.79 Å². The summed E-state index contributed by atoms with van der Waals surface area (Å²) >= 11 is 0. The van der Waals surface area contributed by atoms with Crippen LogP contribution in [0.2, 0.25) is 0 Å². The van der Waals surface area contributed by atoms with Gasteiger partial charge in [-0.1, -0.05) is 12.1 Å². The van der Waals surface area contributed by atoms with Gasteiger partial charge in [0.15, 0.2) is 0 Å². The smallest absolute Gasteiger partial charge is 0.270 e. The molecule has 1 amide bonds. The maximum Gasteiger partial charge on any atom is 0.270 e. The largest absolute Gasteiger partial charge is 0.387 e. The molecule has 21 heavy (non-hydrogen) atoms. The zero-order valence-corrected chi connectivity index (χ0v) is 12.1. The van der Waals surface area contributed by atoms with Crippen LogP contribution in [0.3, 0.4) is 0 Å². The zero-order chi connectivity index (χ0) is 15.2. The second-order valence-electron chi connectivity index (χ2n) is 4.89. The molecule has 5 heteroatoms. The van der Waals surface area contributed by atoms with Gasteiger partial charge in [0.25, 0.3) is 5.91 Å². The number of rotatable bonds is 5. The molecule has 0 saturated heterocycles. The number of pyridine rings is 1. The highest BCUT2D eigenvalue weighted by atomic mass is 19.1. The van der Waals surface area contributed by atoms with Crippen LogP contribution >= 0.6 is 0 Å². The van der Waals surface area contributed by atoms with E-state index < -0.39 is 0 Å². The average molecular weight is 287 g/mol. The van der Waals surface area contributed by atoms with Gasteiger partial charge in [-0.15, -0.1) is 0 Å². The van der Waals surface area contributed by atoms with Gasteiger partial charge in [-0.2, -0.15) is 0 Å². The van der Waals surface area contributed by atoms with Crippen LogP contribution in [0.15, 0.2) is 42.6 Å². The number of anilines is 1. The lowest BCUT2D eigenvalue weighted by Crippen LogP contribution is -2.34. The van der Waals surface area contributed by atoms with Crippen molar-refractivity contribution in [2.45, 2.75) is 19.4 Å². The van der Waals surface area contributed by atoms with E-state index in [2.05, 4.69) is 15.6 Å². The predicted molar refractivity (Wildman–Crippen MR) is 80.8 cm³/mol. The minimum Gasteiger partial charge on any atom is -0.387 e. The van der Waals surface area contributed by atoms with Crippen LogP contribution in [0.25, 0.3) is 0 Å². The molecule has 0 saturated carbocycles. The normalized spacial score (nSPS) is 11.8. The lowest BCUT2D eigenvalue weighted by atomic mass is 10.1. The molecule has 0 fully saturated rings. The number of hydrogen-bond donors (Lipinski definition) is 2. The van der Waals surface area contributed by atoms with E-state index in [1.807, 2.05) is 6.92 Å². The predicted octanol–water partition coefficient (Wildman–Crippen LogP) is 2.62. The Morgan fingerprint density at radius 3 is 2.52 bits per heavy atom. The minimum atomic E-state index is -0.260. The van der Waals surface area contributed by atoms with Crippen LogP contribution in [-0.2, 0) is 6.42 Å². The van der Waals surface area contributed by atoms with Crippen LogP contribution in [0.1, 0.15) is 23.0 Å². The van der Waals surface area contributed by atoms with Crippen LogP contribution < -0.4 is 10.6 Å². The molecule has 0 spiro atoms. The van der Waals surface area contributed by atoms with Crippen LogP contribution in [0, 0.1) is 5.82 Å². The quantitative estimate of drug-likeness (QED) is 0.889. The van der Waals surface area contributed by atoms with Crippen molar-refractivity contribution in [2.24, 2.45) is 0 Å².